The lowest BCUT2D eigenvalue weighted by molar-refractivity contribution is -0.134. The summed E-state index contributed by atoms with van der Waals surface area (Å²) in [7, 11) is 3.42. The Labute approximate surface area is 133 Å². The fourth-order valence-electron chi connectivity index (χ4n) is 2.42. The highest BCUT2D eigenvalue weighted by atomic mass is 79.9. The first-order valence-electron chi connectivity index (χ1n) is 6.91. The molecule has 1 aromatic rings. The van der Waals surface area contributed by atoms with Crippen LogP contribution in [0.4, 0.5) is 0 Å². The molecule has 1 aliphatic rings. The summed E-state index contributed by atoms with van der Waals surface area (Å²) in [5.41, 5.74) is 1.63. The molecule has 0 spiro atoms. The van der Waals surface area contributed by atoms with Crippen LogP contribution in [-0.4, -0.2) is 61.4 Å². The highest BCUT2D eigenvalue weighted by Gasteiger charge is 2.34. The number of nitrogens with one attached hydrogen (secondary N) is 1. The highest BCUT2D eigenvalue weighted by Crippen LogP contribution is 2.21. The average molecular weight is 354 g/mol. The highest BCUT2D eigenvalue weighted by molar-refractivity contribution is 9.10. The molecule has 1 fully saturated rings. The topological polar surface area (TPSA) is 52.7 Å². The van der Waals surface area contributed by atoms with Gasteiger partial charge in [-0.2, -0.15) is 0 Å². The van der Waals surface area contributed by atoms with Gasteiger partial charge >= 0.3 is 0 Å². The van der Waals surface area contributed by atoms with Crippen LogP contribution >= 0.6 is 15.9 Å². The van der Waals surface area contributed by atoms with Crippen LogP contribution in [0.2, 0.25) is 0 Å². The molecule has 21 heavy (non-hydrogen) atoms. The van der Waals surface area contributed by atoms with E-state index in [2.05, 4.69) is 21.2 Å². The van der Waals surface area contributed by atoms with Gasteiger partial charge in [0.25, 0.3) is 5.91 Å². The summed E-state index contributed by atoms with van der Waals surface area (Å²) in [6.45, 7) is 3.67. The van der Waals surface area contributed by atoms with Crippen LogP contribution in [0, 0.1) is 6.92 Å². The lowest BCUT2D eigenvalue weighted by atomic mass is 10.1. The lowest BCUT2D eigenvalue weighted by Crippen LogP contribution is -2.59. The number of likely N-dealkylation sites (N-methyl/N-ethyl adjacent to an activating group) is 1. The average Bonchev–Trinajstić information content (AvgIpc) is 2.48. The first-order valence-corrected chi connectivity index (χ1v) is 7.70. The smallest absolute Gasteiger partial charge is 0.255 e. The van der Waals surface area contributed by atoms with Gasteiger partial charge in [0.15, 0.2) is 0 Å². The molecule has 0 saturated carbocycles. The van der Waals surface area contributed by atoms with Gasteiger partial charge in [-0.25, -0.2) is 0 Å². The van der Waals surface area contributed by atoms with Gasteiger partial charge in [-0.1, -0.05) is 11.6 Å². The molecular formula is C15H20BrN3O2. The zero-order chi connectivity index (χ0) is 15.6. The minimum absolute atomic E-state index is 0.0562. The van der Waals surface area contributed by atoms with Crippen LogP contribution in [0.1, 0.15) is 15.9 Å². The minimum Gasteiger partial charge on any atom is -0.347 e. The van der Waals surface area contributed by atoms with Crippen LogP contribution in [0.5, 0.6) is 0 Å². The van der Waals surface area contributed by atoms with Crippen molar-refractivity contribution in [3.05, 3.63) is 33.8 Å². The monoisotopic (exact) mass is 353 g/mol. The Morgan fingerprint density at radius 1 is 1.38 bits per heavy atom. The van der Waals surface area contributed by atoms with E-state index >= 15 is 0 Å². The Bertz CT molecular complexity index is 560. The predicted molar refractivity (Wildman–Crippen MR) is 85.3 cm³/mol. The molecule has 1 atom stereocenters. The molecule has 5 nitrogen and oxygen atoms in total. The Morgan fingerprint density at radius 2 is 2.10 bits per heavy atom. The van der Waals surface area contributed by atoms with Crippen molar-refractivity contribution in [3.63, 3.8) is 0 Å². The molecule has 1 saturated heterocycles. The normalized spacial score (nSPS) is 18.5. The first-order chi connectivity index (χ1) is 9.91. The van der Waals surface area contributed by atoms with E-state index in [0.29, 0.717) is 25.2 Å². The molecule has 0 radical (unpaired) electrons. The van der Waals surface area contributed by atoms with E-state index < -0.39 is 6.04 Å². The summed E-state index contributed by atoms with van der Waals surface area (Å²) >= 11 is 3.43. The molecule has 1 aliphatic heterocycles. The van der Waals surface area contributed by atoms with Gasteiger partial charge in [0.2, 0.25) is 5.91 Å². The number of amides is 2. The number of benzene rings is 1. The summed E-state index contributed by atoms with van der Waals surface area (Å²) in [6, 6.07) is 5.22. The zero-order valence-electron chi connectivity index (χ0n) is 12.5. The molecule has 1 heterocycles. The van der Waals surface area contributed by atoms with E-state index in [9.17, 15) is 9.59 Å². The number of piperazine rings is 1. The van der Waals surface area contributed by atoms with Crippen LogP contribution in [0.15, 0.2) is 22.7 Å². The molecule has 0 bridgehead atoms. The van der Waals surface area contributed by atoms with Crippen LogP contribution in [-0.2, 0) is 4.79 Å². The van der Waals surface area contributed by atoms with Gasteiger partial charge in [-0.05, 0) is 35.0 Å². The molecule has 0 aromatic heterocycles. The van der Waals surface area contributed by atoms with E-state index in [1.54, 1.807) is 19.0 Å². The Hall–Kier alpha value is -1.40. The van der Waals surface area contributed by atoms with Crippen molar-refractivity contribution in [2.24, 2.45) is 0 Å². The summed E-state index contributed by atoms with van der Waals surface area (Å²) in [6.07, 6.45) is 0. The van der Waals surface area contributed by atoms with Crippen LogP contribution in [0.25, 0.3) is 0 Å². The van der Waals surface area contributed by atoms with Crippen molar-refractivity contribution in [3.8, 4) is 0 Å². The maximum atomic E-state index is 12.8. The Balaban J connectivity index is 2.30. The fraction of sp³-hybridized carbons (Fsp3) is 0.467. The maximum Gasteiger partial charge on any atom is 0.255 e. The largest absolute Gasteiger partial charge is 0.347 e. The molecule has 1 N–H and O–H groups in total. The standard InChI is InChI=1S/C15H20BrN3O2/c1-10-4-5-12(16)11(8-10)14(20)19-7-6-17-9-13(19)15(21)18(2)3/h4-5,8,13,17H,6-7,9H2,1-3H3. The van der Waals surface area contributed by atoms with E-state index in [4.69, 9.17) is 0 Å². The number of hydrogen-bond acceptors (Lipinski definition) is 3. The third-order valence-corrected chi connectivity index (χ3v) is 4.27. The van der Waals surface area contributed by atoms with Crippen molar-refractivity contribution in [2.75, 3.05) is 33.7 Å². The van der Waals surface area contributed by atoms with Crippen LogP contribution in [0.3, 0.4) is 0 Å². The van der Waals surface area contributed by atoms with Gasteiger partial charge in [0.1, 0.15) is 6.04 Å². The zero-order valence-corrected chi connectivity index (χ0v) is 14.1. The lowest BCUT2D eigenvalue weighted by Gasteiger charge is -2.36. The van der Waals surface area contributed by atoms with Crippen molar-refractivity contribution < 1.29 is 9.59 Å². The molecular weight excluding hydrogens is 334 g/mol. The number of carbonyl (C=O) groups is 2. The predicted octanol–water partition coefficient (Wildman–Crippen LogP) is 1.26. The molecule has 2 amide bonds. The van der Waals surface area contributed by atoms with Gasteiger partial charge in [-0.3, -0.25) is 9.59 Å². The molecule has 114 valence electrons. The van der Waals surface area contributed by atoms with E-state index in [1.165, 1.54) is 4.90 Å². The van der Waals surface area contributed by atoms with Crippen molar-refractivity contribution >= 4 is 27.7 Å². The van der Waals surface area contributed by atoms with E-state index in [1.807, 2.05) is 25.1 Å². The fourth-order valence-corrected chi connectivity index (χ4v) is 2.84. The van der Waals surface area contributed by atoms with Crippen LogP contribution < -0.4 is 5.32 Å². The molecule has 6 heteroatoms. The molecule has 0 aliphatic carbocycles. The Morgan fingerprint density at radius 3 is 2.76 bits per heavy atom. The minimum atomic E-state index is -0.450. The van der Waals surface area contributed by atoms with E-state index in [0.717, 1.165) is 10.0 Å². The van der Waals surface area contributed by atoms with Crippen molar-refractivity contribution in [2.45, 2.75) is 13.0 Å². The van der Waals surface area contributed by atoms with Gasteiger partial charge < -0.3 is 15.1 Å². The maximum absolute atomic E-state index is 12.8. The molecule has 1 aromatic carbocycles. The van der Waals surface area contributed by atoms with Gasteiger partial charge in [0, 0.05) is 38.2 Å². The second kappa shape index (κ2) is 6.58. The quantitative estimate of drug-likeness (QED) is 0.870. The summed E-state index contributed by atoms with van der Waals surface area (Å²) in [4.78, 5) is 28.3. The SMILES string of the molecule is Cc1ccc(Br)c(C(=O)N2CCNCC2C(=O)N(C)C)c1. The number of nitrogens with zero attached hydrogens (tertiary/aromatic N) is 2. The van der Waals surface area contributed by atoms with Crippen molar-refractivity contribution in [1.82, 2.24) is 15.1 Å². The number of halogens is 1. The second-order valence-corrected chi connectivity index (χ2v) is 6.29. The summed E-state index contributed by atoms with van der Waals surface area (Å²) in [5, 5.41) is 3.18. The molecule has 2 rings (SSSR count). The third kappa shape index (κ3) is 3.44. The molecule has 1 unspecified atom stereocenters. The summed E-state index contributed by atoms with van der Waals surface area (Å²) < 4.78 is 0.757. The van der Waals surface area contributed by atoms with Gasteiger partial charge in [-0.15, -0.1) is 0 Å². The first kappa shape index (κ1) is 16.0. The van der Waals surface area contributed by atoms with E-state index in [-0.39, 0.29) is 11.8 Å². The van der Waals surface area contributed by atoms with Gasteiger partial charge in [0.05, 0.1) is 5.56 Å². The number of rotatable bonds is 2. The number of carbonyl (C=O) groups excluding carboxylic acids is 2. The van der Waals surface area contributed by atoms with Crippen molar-refractivity contribution in [1.29, 1.82) is 0 Å². The summed E-state index contributed by atoms with van der Waals surface area (Å²) in [5.74, 6) is -0.161. The third-order valence-electron chi connectivity index (χ3n) is 3.58. The number of aryl methyl sites for hydroxylation is 1. The Kier molecular flexibility index (Phi) is 5.00. The second-order valence-electron chi connectivity index (χ2n) is 5.43. The number of hydrogen-bond donors (Lipinski definition) is 1.